The van der Waals surface area contributed by atoms with Gasteiger partial charge in [0, 0.05) is 26.6 Å². The molecule has 7 heteroatoms. The topological polar surface area (TPSA) is 82.5 Å². The van der Waals surface area contributed by atoms with Crippen LogP contribution in [0.15, 0.2) is 0 Å². The molecule has 1 saturated heterocycles. The molecule has 0 aromatic carbocycles. The molecule has 0 spiro atoms. The molecule has 0 amide bonds. The number of aliphatic carboxylic acids is 1. The number of rotatable bonds is 4. The molecule has 110 valence electrons. The Morgan fingerprint density at radius 2 is 2.05 bits per heavy atom. The van der Waals surface area contributed by atoms with E-state index in [-0.39, 0.29) is 5.92 Å². The van der Waals surface area contributed by atoms with Crippen molar-refractivity contribution in [2.45, 2.75) is 38.6 Å². The van der Waals surface area contributed by atoms with Gasteiger partial charge in [-0.25, -0.2) is 4.79 Å². The normalized spacial score (nSPS) is 18.6. The first-order valence-electron chi connectivity index (χ1n) is 6.83. The summed E-state index contributed by atoms with van der Waals surface area (Å²) in [6, 6.07) is -0.535. The van der Waals surface area contributed by atoms with Crippen LogP contribution in [0.1, 0.15) is 38.4 Å². The second-order valence-electron chi connectivity index (χ2n) is 5.53. The van der Waals surface area contributed by atoms with Crippen molar-refractivity contribution in [2.24, 2.45) is 0 Å². The average molecular weight is 279 g/mol. The van der Waals surface area contributed by atoms with Gasteiger partial charge in [0.2, 0.25) is 11.9 Å². The Morgan fingerprint density at radius 1 is 1.35 bits per heavy atom. The van der Waals surface area contributed by atoms with E-state index < -0.39 is 12.0 Å². The van der Waals surface area contributed by atoms with Crippen molar-refractivity contribution >= 4 is 17.9 Å². The maximum absolute atomic E-state index is 11.3. The molecule has 0 radical (unpaired) electrons. The fourth-order valence-corrected chi connectivity index (χ4v) is 2.22. The summed E-state index contributed by atoms with van der Waals surface area (Å²) in [6.07, 6.45) is 1.48. The molecule has 1 N–H and O–H groups in total. The Bertz CT molecular complexity index is 477. The van der Waals surface area contributed by atoms with Crippen molar-refractivity contribution < 1.29 is 9.90 Å². The zero-order valence-corrected chi connectivity index (χ0v) is 12.4. The number of anilines is 2. The Balaban J connectivity index is 2.42. The highest BCUT2D eigenvalue weighted by Crippen LogP contribution is 2.25. The largest absolute Gasteiger partial charge is 0.480 e. The van der Waals surface area contributed by atoms with E-state index in [2.05, 4.69) is 15.0 Å². The number of aromatic nitrogens is 3. The van der Waals surface area contributed by atoms with Crippen LogP contribution in [0.5, 0.6) is 0 Å². The minimum atomic E-state index is -0.819. The zero-order valence-electron chi connectivity index (χ0n) is 12.4. The van der Waals surface area contributed by atoms with Gasteiger partial charge in [-0.3, -0.25) is 0 Å². The van der Waals surface area contributed by atoms with E-state index in [0.29, 0.717) is 30.7 Å². The molecule has 1 atom stereocenters. The Kier molecular flexibility index (Phi) is 4.06. The second kappa shape index (κ2) is 5.60. The van der Waals surface area contributed by atoms with E-state index in [1.54, 1.807) is 4.90 Å². The molecule has 1 aromatic rings. The molecule has 1 fully saturated rings. The summed E-state index contributed by atoms with van der Waals surface area (Å²) in [5.41, 5.74) is 0. The van der Waals surface area contributed by atoms with Crippen molar-refractivity contribution in [1.29, 1.82) is 0 Å². The molecule has 1 aliphatic rings. The van der Waals surface area contributed by atoms with Gasteiger partial charge < -0.3 is 14.9 Å². The van der Waals surface area contributed by atoms with E-state index in [9.17, 15) is 9.90 Å². The number of hydrogen-bond donors (Lipinski definition) is 1. The lowest BCUT2D eigenvalue weighted by molar-refractivity contribution is -0.138. The van der Waals surface area contributed by atoms with E-state index in [1.165, 1.54) is 0 Å². The summed E-state index contributed by atoms with van der Waals surface area (Å²) < 4.78 is 0. The number of carboxylic acid groups (broad SMARTS) is 1. The third-order valence-corrected chi connectivity index (χ3v) is 3.34. The van der Waals surface area contributed by atoms with Crippen LogP contribution in [0.2, 0.25) is 0 Å². The average Bonchev–Trinajstić information content (AvgIpc) is 2.87. The van der Waals surface area contributed by atoms with Gasteiger partial charge >= 0.3 is 5.97 Å². The first kappa shape index (κ1) is 14.5. The molecule has 0 saturated carbocycles. The van der Waals surface area contributed by atoms with Crippen LogP contribution < -0.4 is 9.80 Å². The lowest BCUT2D eigenvalue weighted by Crippen LogP contribution is -2.37. The number of hydrogen-bond acceptors (Lipinski definition) is 6. The first-order valence-corrected chi connectivity index (χ1v) is 6.83. The molecule has 1 aliphatic heterocycles. The van der Waals surface area contributed by atoms with Gasteiger partial charge in [-0.2, -0.15) is 15.0 Å². The number of nitrogens with zero attached hydrogens (tertiary/aromatic N) is 5. The third-order valence-electron chi connectivity index (χ3n) is 3.34. The van der Waals surface area contributed by atoms with Crippen LogP contribution >= 0.6 is 0 Å². The van der Waals surface area contributed by atoms with Crippen molar-refractivity contribution in [1.82, 2.24) is 15.0 Å². The van der Waals surface area contributed by atoms with Crippen LogP contribution in [-0.2, 0) is 4.79 Å². The van der Waals surface area contributed by atoms with E-state index in [0.717, 1.165) is 6.42 Å². The number of carbonyl (C=O) groups is 1. The fourth-order valence-electron chi connectivity index (χ4n) is 2.22. The first-order chi connectivity index (χ1) is 9.40. The van der Waals surface area contributed by atoms with Crippen molar-refractivity contribution in [3.63, 3.8) is 0 Å². The van der Waals surface area contributed by atoms with E-state index in [4.69, 9.17) is 0 Å². The molecule has 0 aliphatic carbocycles. The van der Waals surface area contributed by atoms with Gasteiger partial charge in [-0.15, -0.1) is 0 Å². The molecule has 20 heavy (non-hydrogen) atoms. The predicted octanol–water partition coefficient (Wildman–Crippen LogP) is 1.11. The highest BCUT2D eigenvalue weighted by atomic mass is 16.4. The van der Waals surface area contributed by atoms with Gasteiger partial charge in [0.25, 0.3) is 0 Å². The summed E-state index contributed by atoms with van der Waals surface area (Å²) in [7, 11) is 3.73. The van der Waals surface area contributed by atoms with Crippen LogP contribution in [0.25, 0.3) is 0 Å². The van der Waals surface area contributed by atoms with Crippen molar-refractivity contribution in [2.75, 3.05) is 30.4 Å². The molecule has 2 rings (SSSR count). The maximum atomic E-state index is 11.3. The maximum Gasteiger partial charge on any atom is 0.326 e. The van der Waals surface area contributed by atoms with Crippen molar-refractivity contribution in [3.8, 4) is 0 Å². The molecule has 1 aromatic heterocycles. The predicted molar refractivity (Wildman–Crippen MR) is 76.2 cm³/mol. The Morgan fingerprint density at radius 3 is 2.60 bits per heavy atom. The summed E-state index contributed by atoms with van der Waals surface area (Å²) in [5, 5.41) is 9.28. The van der Waals surface area contributed by atoms with Gasteiger partial charge in [0.1, 0.15) is 11.9 Å². The van der Waals surface area contributed by atoms with Crippen LogP contribution in [0, 0.1) is 0 Å². The van der Waals surface area contributed by atoms with Crippen molar-refractivity contribution in [3.05, 3.63) is 5.82 Å². The lowest BCUT2D eigenvalue weighted by Gasteiger charge is -2.23. The highest BCUT2D eigenvalue weighted by Gasteiger charge is 2.33. The van der Waals surface area contributed by atoms with Gasteiger partial charge in [-0.1, -0.05) is 13.8 Å². The summed E-state index contributed by atoms with van der Waals surface area (Å²) in [4.78, 5) is 28.1. The van der Waals surface area contributed by atoms with Gasteiger partial charge in [-0.05, 0) is 12.8 Å². The van der Waals surface area contributed by atoms with Gasteiger partial charge in [0.05, 0.1) is 0 Å². The zero-order chi connectivity index (χ0) is 14.9. The van der Waals surface area contributed by atoms with E-state index >= 15 is 0 Å². The Labute approximate surface area is 118 Å². The molecule has 7 nitrogen and oxygen atoms in total. The lowest BCUT2D eigenvalue weighted by atomic mass is 10.2. The third kappa shape index (κ3) is 2.81. The Hall–Kier alpha value is -1.92. The monoisotopic (exact) mass is 279 g/mol. The minimum Gasteiger partial charge on any atom is -0.480 e. The quantitative estimate of drug-likeness (QED) is 0.884. The van der Waals surface area contributed by atoms with Crippen LogP contribution in [-0.4, -0.2) is 52.7 Å². The smallest absolute Gasteiger partial charge is 0.326 e. The molecular weight excluding hydrogens is 258 g/mol. The second-order valence-corrected chi connectivity index (χ2v) is 5.53. The molecular formula is C13H21N5O2. The van der Waals surface area contributed by atoms with E-state index in [1.807, 2.05) is 32.8 Å². The minimum absolute atomic E-state index is 0.168. The summed E-state index contributed by atoms with van der Waals surface area (Å²) in [5.74, 6) is 1.07. The van der Waals surface area contributed by atoms with Crippen LogP contribution in [0.4, 0.5) is 11.9 Å². The molecule has 0 bridgehead atoms. The standard InChI is InChI=1S/C13H21N5O2/c1-8(2)10-14-12(17(3)4)16-13(15-10)18-7-5-6-9(18)11(19)20/h8-9H,5-7H2,1-4H3,(H,19,20). The fraction of sp³-hybridized carbons (Fsp3) is 0.692. The number of carboxylic acids is 1. The molecule has 1 unspecified atom stereocenters. The SMILES string of the molecule is CC(C)c1nc(N(C)C)nc(N2CCCC2C(=O)O)n1. The van der Waals surface area contributed by atoms with Gasteiger partial charge in [0.15, 0.2) is 0 Å². The van der Waals surface area contributed by atoms with Crippen LogP contribution in [0.3, 0.4) is 0 Å². The molecule has 2 heterocycles. The summed E-state index contributed by atoms with van der Waals surface area (Å²) >= 11 is 0. The highest BCUT2D eigenvalue weighted by molar-refractivity contribution is 5.78. The summed E-state index contributed by atoms with van der Waals surface area (Å²) in [6.45, 7) is 4.69.